The SMILES string of the molecule is Cc1ccccc1N1CCN(CC(=O)N[C@@H](C)c2ccc(F)cc2F)CC1. The molecule has 0 unspecified atom stereocenters. The minimum atomic E-state index is -0.644. The highest BCUT2D eigenvalue weighted by molar-refractivity contribution is 5.78. The number of halogens is 2. The van der Waals surface area contributed by atoms with E-state index in [9.17, 15) is 13.6 Å². The van der Waals surface area contributed by atoms with Crippen LogP contribution in [0.1, 0.15) is 24.1 Å². The molecule has 1 aliphatic heterocycles. The van der Waals surface area contributed by atoms with Crippen molar-refractivity contribution in [2.45, 2.75) is 19.9 Å². The smallest absolute Gasteiger partial charge is 0.234 e. The van der Waals surface area contributed by atoms with Crippen molar-refractivity contribution in [3.8, 4) is 0 Å². The van der Waals surface area contributed by atoms with Crippen LogP contribution in [0, 0.1) is 18.6 Å². The third-order valence-electron chi connectivity index (χ3n) is 5.00. The number of piperazine rings is 1. The molecule has 27 heavy (non-hydrogen) atoms. The molecule has 0 saturated carbocycles. The van der Waals surface area contributed by atoms with E-state index in [0.29, 0.717) is 0 Å². The Hall–Kier alpha value is -2.47. The number of para-hydroxylation sites is 1. The topological polar surface area (TPSA) is 35.6 Å². The molecule has 4 nitrogen and oxygen atoms in total. The van der Waals surface area contributed by atoms with Gasteiger partial charge in [-0.1, -0.05) is 24.3 Å². The van der Waals surface area contributed by atoms with Gasteiger partial charge in [0.05, 0.1) is 12.6 Å². The van der Waals surface area contributed by atoms with E-state index < -0.39 is 17.7 Å². The Balaban J connectivity index is 1.50. The van der Waals surface area contributed by atoms with Gasteiger partial charge in [-0.3, -0.25) is 9.69 Å². The molecule has 1 N–H and O–H groups in total. The van der Waals surface area contributed by atoms with E-state index in [-0.39, 0.29) is 18.0 Å². The predicted octanol–water partition coefficient (Wildman–Crippen LogP) is 3.27. The van der Waals surface area contributed by atoms with Crippen LogP contribution in [-0.2, 0) is 4.79 Å². The van der Waals surface area contributed by atoms with Gasteiger partial charge in [0.25, 0.3) is 0 Å². The molecule has 0 aliphatic carbocycles. The van der Waals surface area contributed by atoms with Crippen LogP contribution < -0.4 is 10.2 Å². The van der Waals surface area contributed by atoms with Crippen LogP contribution in [0.25, 0.3) is 0 Å². The Bertz CT molecular complexity index is 804. The lowest BCUT2D eigenvalue weighted by atomic mass is 10.1. The summed E-state index contributed by atoms with van der Waals surface area (Å²) in [5, 5.41) is 2.80. The Morgan fingerprint density at radius 1 is 1.11 bits per heavy atom. The van der Waals surface area contributed by atoms with Crippen LogP contribution in [0.3, 0.4) is 0 Å². The summed E-state index contributed by atoms with van der Waals surface area (Å²) >= 11 is 0. The number of hydrogen-bond donors (Lipinski definition) is 1. The van der Waals surface area contributed by atoms with E-state index >= 15 is 0 Å². The van der Waals surface area contributed by atoms with Gasteiger partial charge in [-0.25, -0.2) is 8.78 Å². The Labute approximate surface area is 158 Å². The van der Waals surface area contributed by atoms with Gasteiger partial charge in [0.1, 0.15) is 11.6 Å². The average Bonchev–Trinajstić information content (AvgIpc) is 2.62. The van der Waals surface area contributed by atoms with Crippen LogP contribution in [0.5, 0.6) is 0 Å². The quantitative estimate of drug-likeness (QED) is 0.874. The van der Waals surface area contributed by atoms with Crippen LogP contribution in [0.2, 0.25) is 0 Å². The van der Waals surface area contributed by atoms with Crippen molar-refractivity contribution in [3.05, 3.63) is 65.2 Å². The maximum absolute atomic E-state index is 13.8. The molecule has 6 heteroatoms. The summed E-state index contributed by atoms with van der Waals surface area (Å²) < 4.78 is 26.9. The maximum atomic E-state index is 13.8. The molecule has 2 aromatic carbocycles. The fraction of sp³-hybridized carbons (Fsp3) is 0.381. The third-order valence-corrected chi connectivity index (χ3v) is 5.00. The van der Waals surface area contributed by atoms with Crippen molar-refractivity contribution in [1.29, 1.82) is 0 Å². The number of aryl methyl sites for hydroxylation is 1. The molecule has 1 amide bonds. The van der Waals surface area contributed by atoms with Crippen LogP contribution in [0.15, 0.2) is 42.5 Å². The minimum Gasteiger partial charge on any atom is -0.369 e. The Morgan fingerprint density at radius 3 is 2.48 bits per heavy atom. The first-order chi connectivity index (χ1) is 12.9. The first-order valence-corrected chi connectivity index (χ1v) is 9.21. The number of amides is 1. The highest BCUT2D eigenvalue weighted by atomic mass is 19.1. The largest absolute Gasteiger partial charge is 0.369 e. The second-order valence-electron chi connectivity index (χ2n) is 7.00. The van der Waals surface area contributed by atoms with E-state index in [4.69, 9.17) is 0 Å². The molecule has 1 saturated heterocycles. The Kier molecular flexibility index (Phi) is 6.06. The molecule has 2 aromatic rings. The summed E-state index contributed by atoms with van der Waals surface area (Å²) in [4.78, 5) is 16.7. The molecule has 1 heterocycles. The van der Waals surface area contributed by atoms with Crippen LogP contribution in [-0.4, -0.2) is 43.5 Å². The van der Waals surface area contributed by atoms with Gasteiger partial charge < -0.3 is 10.2 Å². The van der Waals surface area contributed by atoms with E-state index in [1.807, 2.05) is 12.1 Å². The van der Waals surface area contributed by atoms with Gasteiger partial charge in [0, 0.05) is 43.5 Å². The minimum absolute atomic E-state index is 0.157. The van der Waals surface area contributed by atoms with Gasteiger partial charge in [0.15, 0.2) is 0 Å². The predicted molar refractivity (Wildman–Crippen MR) is 103 cm³/mol. The van der Waals surface area contributed by atoms with Crippen LogP contribution in [0.4, 0.5) is 14.5 Å². The van der Waals surface area contributed by atoms with Crippen molar-refractivity contribution in [2.75, 3.05) is 37.6 Å². The highest BCUT2D eigenvalue weighted by Gasteiger charge is 2.21. The maximum Gasteiger partial charge on any atom is 0.234 e. The lowest BCUT2D eigenvalue weighted by Crippen LogP contribution is -2.49. The van der Waals surface area contributed by atoms with Crippen molar-refractivity contribution in [2.24, 2.45) is 0 Å². The highest BCUT2D eigenvalue weighted by Crippen LogP contribution is 2.21. The summed E-state index contributed by atoms with van der Waals surface area (Å²) in [7, 11) is 0. The lowest BCUT2D eigenvalue weighted by molar-refractivity contribution is -0.123. The fourth-order valence-electron chi connectivity index (χ4n) is 3.49. The number of hydrogen-bond acceptors (Lipinski definition) is 3. The zero-order chi connectivity index (χ0) is 19.4. The molecular formula is C21H25F2N3O. The number of rotatable bonds is 5. The summed E-state index contributed by atoms with van der Waals surface area (Å²) in [6.07, 6.45) is 0. The van der Waals surface area contributed by atoms with Crippen LogP contribution >= 0.6 is 0 Å². The standard InChI is InChI=1S/C21H25F2N3O/c1-15-5-3-4-6-20(15)26-11-9-25(10-12-26)14-21(27)24-16(2)18-8-7-17(22)13-19(18)23/h3-8,13,16H,9-12,14H2,1-2H3,(H,24,27)/t16-/m0/s1. The van der Waals surface area contributed by atoms with Gasteiger partial charge in [-0.15, -0.1) is 0 Å². The van der Waals surface area contributed by atoms with Gasteiger partial charge in [0.2, 0.25) is 5.91 Å². The lowest BCUT2D eigenvalue weighted by Gasteiger charge is -2.36. The summed E-state index contributed by atoms with van der Waals surface area (Å²) in [5.41, 5.74) is 2.77. The first kappa shape index (κ1) is 19.3. The molecule has 0 spiro atoms. The van der Waals surface area contributed by atoms with Crippen molar-refractivity contribution >= 4 is 11.6 Å². The zero-order valence-corrected chi connectivity index (χ0v) is 15.7. The number of carbonyl (C=O) groups excluding carboxylic acids is 1. The van der Waals surface area contributed by atoms with Gasteiger partial charge in [-0.2, -0.15) is 0 Å². The summed E-state index contributed by atoms with van der Waals surface area (Å²) in [6, 6.07) is 11.2. The number of nitrogens with one attached hydrogen (secondary N) is 1. The number of anilines is 1. The number of nitrogens with zero attached hydrogens (tertiary/aromatic N) is 2. The third kappa shape index (κ3) is 4.83. The molecule has 3 rings (SSSR count). The van der Waals surface area contributed by atoms with Gasteiger partial charge >= 0.3 is 0 Å². The molecule has 1 aliphatic rings. The van der Waals surface area contributed by atoms with E-state index in [1.54, 1.807) is 6.92 Å². The van der Waals surface area contributed by atoms with Gasteiger partial charge in [-0.05, 0) is 31.5 Å². The second kappa shape index (κ2) is 8.48. The Morgan fingerprint density at radius 2 is 1.81 bits per heavy atom. The molecule has 0 radical (unpaired) electrons. The summed E-state index contributed by atoms with van der Waals surface area (Å²) in [6.45, 7) is 7.38. The number of carbonyl (C=O) groups is 1. The van der Waals surface area contributed by atoms with E-state index in [2.05, 4.69) is 34.2 Å². The molecule has 144 valence electrons. The average molecular weight is 373 g/mol. The number of benzene rings is 2. The van der Waals surface area contributed by atoms with E-state index in [1.165, 1.54) is 23.4 Å². The van der Waals surface area contributed by atoms with Crippen molar-refractivity contribution < 1.29 is 13.6 Å². The molecule has 0 aromatic heterocycles. The van der Waals surface area contributed by atoms with Crippen molar-refractivity contribution in [3.63, 3.8) is 0 Å². The molecule has 0 bridgehead atoms. The molecule has 1 atom stereocenters. The monoisotopic (exact) mass is 373 g/mol. The fourth-order valence-corrected chi connectivity index (χ4v) is 3.49. The molecular weight excluding hydrogens is 348 g/mol. The molecule has 1 fully saturated rings. The normalized spacial score (nSPS) is 16.2. The van der Waals surface area contributed by atoms with E-state index in [0.717, 1.165) is 32.2 Å². The van der Waals surface area contributed by atoms with Crippen molar-refractivity contribution in [1.82, 2.24) is 10.2 Å². The first-order valence-electron chi connectivity index (χ1n) is 9.21. The second-order valence-corrected chi connectivity index (χ2v) is 7.00. The summed E-state index contributed by atoms with van der Waals surface area (Å²) in [5.74, 6) is -1.42. The zero-order valence-electron chi connectivity index (χ0n) is 15.7.